The lowest BCUT2D eigenvalue weighted by atomic mass is 9.99. The molecule has 37 heavy (non-hydrogen) atoms. The van der Waals surface area contributed by atoms with Crippen LogP contribution in [0, 0.1) is 5.92 Å². The van der Waals surface area contributed by atoms with Gasteiger partial charge in [-0.05, 0) is 43.8 Å². The number of hydrogen-bond donors (Lipinski definition) is 2. The molecular weight excluding hydrogens is 472 g/mol. The van der Waals surface area contributed by atoms with Gasteiger partial charge in [0, 0.05) is 50.3 Å². The summed E-state index contributed by atoms with van der Waals surface area (Å²) in [6.07, 6.45) is 7.52. The zero-order valence-corrected chi connectivity index (χ0v) is 21.2. The molecule has 0 aliphatic carbocycles. The number of rotatable bonds is 8. The molecule has 1 aromatic carbocycles. The van der Waals surface area contributed by atoms with Crippen molar-refractivity contribution >= 4 is 17.5 Å². The summed E-state index contributed by atoms with van der Waals surface area (Å²) in [7, 11) is 2.01. The van der Waals surface area contributed by atoms with Gasteiger partial charge in [0.25, 0.3) is 11.8 Å². The fourth-order valence-electron chi connectivity index (χ4n) is 4.33. The molecule has 0 saturated heterocycles. The average Bonchev–Trinajstić information content (AvgIpc) is 2.91. The van der Waals surface area contributed by atoms with E-state index in [-0.39, 0.29) is 36.3 Å². The third kappa shape index (κ3) is 6.28. The average molecular weight is 505 g/mol. The fraction of sp³-hybridized carbons (Fsp3) is 0.370. The molecule has 4 rings (SSSR count). The smallest absolute Gasteiger partial charge is 0.275 e. The van der Waals surface area contributed by atoms with Crippen molar-refractivity contribution in [1.82, 2.24) is 24.8 Å². The van der Waals surface area contributed by atoms with Gasteiger partial charge in [0.2, 0.25) is 0 Å². The summed E-state index contributed by atoms with van der Waals surface area (Å²) >= 11 is 0. The summed E-state index contributed by atoms with van der Waals surface area (Å²) in [6, 6.07) is 8.64. The minimum atomic E-state index is -0.459. The van der Waals surface area contributed by atoms with Gasteiger partial charge < -0.3 is 20.1 Å². The lowest BCUT2D eigenvalue weighted by Crippen LogP contribution is -2.49. The van der Waals surface area contributed by atoms with Crippen LogP contribution in [-0.4, -0.2) is 80.6 Å². The third-order valence-corrected chi connectivity index (χ3v) is 6.43. The van der Waals surface area contributed by atoms with E-state index in [9.17, 15) is 14.7 Å². The van der Waals surface area contributed by atoms with Gasteiger partial charge in [-0.3, -0.25) is 24.5 Å². The van der Waals surface area contributed by atoms with Gasteiger partial charge in [-0.25, -0.2) is 4.98 Å². The Morgan fingerprint density at radius 3 is 2.70 bits per heavy atom. The number of pyridine rings is 1. The van der Waals surface area contributed by atoms with Crippen LogP contribution in [0.5, 0.6) is 5.75 Å². The number of nitrogens with zero attached hydrogens (tertiary/aromatic N) is 5. The summed E-state index contributed by atoms with van der Waals surface area (Å²) in [6.45, 7) is 5.38. The summed E-state index contributed by atoms with van der Waals surface area (Å²) < 4.78 is 6.54. The molecule has 194 valence electrons. The highest BCUT2D eigenvalue weighted by atomic mass is 16.5. The topological polar surface area (TPSA) is 121 Å². The number of aliphatic hydroxyl groups excluding tert-OH is 1. The Kier molecular flexibility index (Phi) is 8.42. The predicted molar refractivity (Wildman–Crippen MR) is 138 cm³/mol. The number of carbonyl (C=O) groups excluding carboxylic acids is 2. The SMILES string of the molecule is C[C@@H]1CN([C@@H](C)CO)C(=O)c2cccc(NC(=O)c3cnccn3)c2O[C@H]1CN(C)Cc1ccncc1. The van der Waals surface area contributed by atoms with Gasteiger partial charge in [0.15, 0.2) is 5.75 Å². The van der Waals surface area contributed by atoms with Gasteiger partial charge >= 0.3 is 0 Å². The number of benzene rings is 1. The van der Waals surface area contributed by atoms with Gasteiger partial charge in [-0.15, -0.1) is 0 Å². The molecule has 3 heterocycles. The molecule has 0 bridgehead atoms. The molecule has 0 saturated carbocycles. The molecule has 0 unspecified atom stereocenters. The van der Waals surface area contributed by atoms with E-state index >= 15 is 0 Å². The summed E-state index contributed by atoms with van der Waals surface area (Å²) in [4.78, 5) is 42.4. The lowest BCUT2D eigenvalue weighted by molar-refractivity contribution is 0.0343. The van der Waals surface area contributed by atoms with Crippen molar-refractivity contribution in [1.29, 1.82) is 0 Å². The van der Waals surface area contributed by atoms with E-state index in [4.69, 9.17) is 4.74 Å². The van der Waals surface area contributed by atoms with Crippen molar-refractivity contribution in [2.45, 2.75) is 32.5 Å². The molecule has 10 heteroatoms. The van der Waals surface area contributed by atoms with Gasteiger partial charge in [0.1, 0.15) is 11.8 Å². The Labute approximate surface area is 216 Å². The van der Waals surface area contributed by atoms with Gasteiger partial charge in [0.05, 0.1) is 30.1 Å². The Morgan fingerprint density at radius 2 is 2.00 bits per heavy atom. The molecule has 0 fully saturated rings. The number of para-hydroxylation sites is 1. The van der Waals surface area contributed by atoms with Crippen molar-refractivity contribution in [2.75, 3.05) is 32.1 Å². The van der Waals surface area contributed by atoms with Crippen LogP contribution in [0.2, 0.25) is 0 Å². The first-order valence-corrected chi connectivity index (χ1v) is 12.2. The van der Waals surface area contributed by atoms with Crippen LogP contribution in [0.4, 0.5) is 5.69 Å². The third-order valence-electron chi connectivity index (χ3n) is 6.43. The first-order valence-electron chi connectivity index (χ1n) is 12.2. The Balaban J connectivity index is 1.67. The molecule has 1 aliphatic heterocycles. The number of nitrogens with one attached hydrogen (secondary N) is 1. The van der Waals surface area contributed by atoms with E-state index in [2.05, 4.69) is 25.2 Å². The van der Waals surface area contributed by atoms with Crippen molar-refractivity contribution < 1.29 is 19.4 Å². The zero-order valence-electron chi connectivity index (χ0n) is 21.2. The summed E-state index contributed by atoms with van der Waals surface area (Å²) in [5.41, 5.74) is 1.97. The normalized spacial score (nSPS) is 18.4. The van der Waals surface area contributed by atoms with Crippen molar-refractivity contribution in [3.8, 4) is 5.75 Å². The van der Waals surface area contributed by atoms with E-state index in [1.54, 1.807) is 35.5 Å². The first-order chi connectivity index (χ1) is 17.9. The monoisotopic (exact) mass is 504 g/mol. The number of carbonyl (C=O) groups is 2. The maximum absolute atomic E-state index is 13.6. The van der Waals surface area contributed by atoms with Gasteiger partial charge in [-0.2, -0.15) is 0 Å². The summed E-state index contributed by atoms with van der Waals surface area (Å²) in [5.74, 6) is -0.481. The molecule has 0 radical (unpaired) electrons. The second-order valence-electron chi connectivity index (χ2n) is 9.40. The Bertz CT molecular complexity index is 1210. The highest BCUT2D eigenvalue weighted by molar-refractivity contribution is 6.06. The molecule has 2 amide bonds. The molecule has 1 aliphatic rings. The van der Waals surface area contributed by atoms with Crippen LogP contribution in [0.1, 0.15) is 40.3 Å². The molecule has 2 aromatic heterocycles. The van der Waals surface area contributed by atoms with Crippen LogP contribution in [0.25, 0.3) is 0 Å². The number of amides is 2. The number of anilines is 1. The fourth-order valence-corrected chi connectivity index (χ4v) is 4.33. The van der Waals surface area contributed by atoms with E-state index in [0.717, 1.165) is 5.56 Å². The molecule has 0 spiro atoms. The molecule has 3 aromatic rings. The molecular formula is C27H32N6O4. The van der Waals surface area contributed by atoms with Crippen LogP contribution < -0.4 is 10.1 Å². The van der Waals surface area contributed by atoms with Crippen LogP contribution in [0.3, 0.4) is 0 Å². The predicted octanol–water partition coefficient (Wildman–Crippen LogP) is 2.48. The van der Waals surface area contributed by atoms with Crippen LogP contribution in [0.15, 0.2) is 61.3 Å². The van der Waals surface area contributed by atoms with Gasteiger partial charge in [-0.1, -0.05) is 13.0 Å². The quantitative estimate of drug-likeness (QED) is 0.480. The number of likely N-dealkylation sites (N-methyl/N-ethyl adjacent to an activating group) is 1. The number of aromatic nitrogens is 3. The maximum Gasteiger partial charge on any atom is 0.275 e. The largest absolute Gasteiger partial charge is 0.486 e. The zero-order chi connectivity index (χ0) is 26.4. The number of aliphatic hydroxyl groups is 1. The highest BCUT2D eigenvalue weighted by Gasteiger charge is 2.34. The van der Waals surface area contributed by atoms with E-state index < -0.39 is 5.91 Å². The highest BCUT2D eigenvalue weighted by Crippen LogP contribution is 2.35. The molecule has 3 atom stereocenters. The van der Waals surface area contributed by atoms with Crippen LogP contribution in [-0.2, 0) is 6.54 Å². The summed E-state index contributed by atoms with van der Waals surface area (Å²) in [5, 5.41) is 12.7. The van der Waals surface area contributed by atoms with Crippen LogP contribution >= 0.6 is 0 Å². The van der Waals surface area contributed by atoms with E-state index in [0.29, 0.717) is 36.6 Å². The first kappa shape index (κ1) is 26.2. The Hall–Kier alpha value is -3.89. The number of ether oxygens (including phenoxy) is 1. The minimum Gasteiger partial charge on any atom is -0.486 e. The van der Waals surface area contributed by atoms with E-state index in [1.807, 2.05) is 33.0 Å². The minimum absolute atomic E-state index is 0.0604. The second-order valence-corrected chi connectivity index (χ2v) is 9.40. The Morgan fingerprint density at radius 1 is 1.22 bits per heavy atom. The van der Waals surface area contributed by atoms with Crippen molar-refractivity contribution in [2.24, 2.45) is 5.92 Å². The van der Waals surface area contributed by atoms with Crippen molar-refractivity contribution in [3.05, 3.63) is 78.1 Å². The molecule has 10 nitrogen and oxygen atoms in total. The van der Waals surface area contributed by atoms with Crippen molar-refractivity contribution in [3.63, 3.8) is 0 Å². The molecule has 2 N–H and O–H groups in total. The maximum atomic E-state index is 13.6. The number of hydrogen-bond acceptors (Lipinski definition) is 8. The lowest BCUT2D eigenvalue weighted by Gasteiger charge is -2.38. The van der Waals surface area contributed by atoms with E-state index in [1.165, 1.54) is 18.6 Å². The number of fused-ring (bicyclic) bond motifs is 1. The second kappa shape index (κ2) is 11.9. The standard InChI is InChI=1S/C27H32N6O4/c1-18-14-33(19(2)17-34)27(36)21-5-4-6-22(31-26(35)23-13-29-11-12-30-23)25(21)37-24(18)16-32(3)15-20-7-9-28-10-8-20/h4-13,18-19,24,34H,14-17H2,1-3H3,(H,31,35)/t18-,19+,24+/m1/s1.